The van der Waals surface area contributed by atoms with E-state index < -0.39 is 0 Å². The van der Waals surface area contributed by atoms with Gasteiger partial charge in [-0.25, -0.2) is 0 Å². The van der Waals surface area contributed by atoms with E-state index in [2.05, 4.69) is 36.0 Å². The van der Waals surface area contributed by atoms with Crippen molar-refractivity contribution in [1.82, 2.24) is 9.80 Å². The number of hydrogen-bond donors (Lipinski definition) is 0. The first-order valence-corrected chi connectivity index (χ1v) is 7.98. The second kappa shape index (κ2) is 5.41. The van der Waals surface area contributed by atoms with Crippen LogP contribution < -0.4 is 9.47 Å². The van der Waals surface area contributed by atoms with E-state index in [-0.39, 0.29) is 0 Å². The molecule has 0 N–H and O–H groups in total. The topological polar surface area (TPSA) is 34.2 Å². The molecular weight excluding hydrogens is 280 g/mol. The first kappa shape index (κ1) is 14.3. The first-order valence-electron chi connectivity index (χ1n) is 7.98. The van der Waals surface area contributed by atoms with Crippen molar-refractivity contribution in [2.75, 3.05) is 53.7 Å². The van der Waals surface area contributed by atoms with E-state index in [1.165, 1.54) is 5.56 Å². The normalized spacial score (nSPS) is 30.2. The van der Waals surface area contributed by atoms with E-state index in [0.717, 1.165) is 50.9 Å². The number of fused-ring (bicyclic) bond motifs is 2. The molecular formula is C17H24N2O3. The summed E-state index contributed by atoms with van der Waals surface area (Å²) in [5, 5.41) is 0. The third-order valence-corrected chi connectivity index (χ3v) is 5.07. The summed E-state index contributed by atoms with van der Waals surface area (Å²) in [5.41, 5.74) is 1.60. The largest absolute Gasteiger partial charge is 0.454 e. The van der Waals surface area contributed by atoms with Gasteiger partial charge in [0, 0.05) is 37.5 Å². The van der Waals surface area contributed by atoms with E-state index in [9.17, 15) is 0 Å². The standard InChI is InChI=1S/C17H24N2O3/c1-18(2)9-17-10-19(7-14(17)8-20-11-17)6-13-3-4-15-16(5-13)22-12-21-15/h3-5,14H,6-12H2,1-2H3/t14-,17+/m0/s1. The molecule has 22 heavy (non-hydrogen) atoms. The zero-order chi connectivity index (χ0) is 15.2. The highest BCUT2D eigenvalue weighted by atomic mass is 16.7. The lowest BCUT2D eigenvalue weighted by Crippen LogP contribution is -2.40. The predicted molar refractivity (Wildman–Crippen MR) is 83.1 cm³/mol. The van der Waals surface area contributed by atoms with Gasteiger partial charge >= 0.3 is 0 Å². The van der Waals surface area contributed by atoms with Crippen LogP contribution in [0.5, 0.6) is 11.5 Å². The minimum atomic E-state index is 0.305. The predicted octanol–water partition coefficient (Wildman–Crippen LogP) is 1.43. The van der Waals surface area contributed by atoms with Crippen molar-refractivity contribution in [3.8, 4) is 11.5 Å². The van der Waals surface area contributed by atoms with Gasteiger partial charge in [-0.05, 0) is 31.8 Å². The Hall–Kier alpha value is -1.30. The summed E-state index contributed by atoms with van der Waals surface area (Å²) in [5.74, 6) is 2.40. The fraction of sp³-hybridized carbons (Fsp3) is 0.647. The van der Waals surface area contributed by atoms with Crippen LogP contribution in [0.4, 0.5) is 0 Å². The smallest absolute Gasteiger partial charge is 0.231 e. The lowest BCUT2D eigenvalue weighted by Gasteiger charge is -2.30. The van der Waals surface area contributed by atoms with Crippen LogP contribution in [0.2, 0.25) is 0 Å². The number of benzene rings is 1. The Labute approximate surface area is 131 Å². The summed E-state index contributed by atoms with van der Waals surface area (Å²) < 4.78 is 16.7. The molecule has 0 unspecified atom stereocenters. The second-order valence-electron chi connectivity index (χ2n) is 7.17. The zero-order valence-corrected chi connectivity index (χ0v) is 13.4. The van der Waals surface area contributed by atoms with E-state index in [4.69, 9.17) is 14.2 Å². The van der Waals surface area contributed by atoms with Gasteiger partial charge in [0.15, 0.2) is 11.5 Å². The highest BCUT2D eigenvalue weighted by molar-refractivity contribution is 5.44. The molecule has 2 saturated heterocycles. The molecule has 3 aliphatic rings. The van der Waals surface area contributed by atoms with Crippen LogP contribution in [-0.2, 0) is 11.3 Å². The average Bonchev–Trinajstić information content (AvgIpc) is 3.11. The van der Waals surface area contributed by atoms with Gasteiger partial charge in [-0.3, -0.25) is 4.90 Å². The Morgan fingerprint density at radius 3 is 3.00 bits per heavy atom. The van der Waals surface area contributed by atoms with Crippen molar-refractivity contribution in [3.63, 3.8) is 0 Å². The fourth-order valence-corrected chi connectivity index (χ4v) is 4.21. The van der Waals surface area contributed by atoms with Crippen molar-refractivity contribution in [2.24, 2.45) is 11.3 Å². The summed E-state index contributed by atoms with van der Waals surface area (Å²) in [4.78, 5) is 4.86. The molecule has 0 aromatic heterocycles. The molecule has 0 saturated carbocycles. The molecule has 0 aliphatic carbocycles. The number of rotatable bonds is 4. The minimum absolute atomic E-state index is 0.305. The maximum atomic E-state index is 5.78. The SMILES string of the molecule is CN(C)C[C@@]12COC[C@@H]1CN(Cc1ccc3c(c1)OCO3)C2. The van der Waals surface area contributed by atoms with Crippen molar-refractivity contribution in [3.05, 3.63) is 23.8 Å². The van der Waals surface area contributed by atoms with Crippen molar-refractivity contribution in [2.45, 2.75) is 6.54 Å². The maximum absolute atomic E-state index is 5.78. The highest BCUT2D eigenvalue weighted by Crippen LogP contribution is 2.42. The van der Waals surface area contributed by atoms with Crippen LogP contribution in [0.25, 0.3) is 0 Å². The van der Waals surface area contributed by atoms with Gasteiger partial charge in [0.2, 0.25) is 6.79 Å². The number of likely N-dealkylation sites (tertiary alicyclic amines) is 1. The Bertz CT molecular complexity index is 563. The molecule has 5 nitrogen and oxygen atoms in total. The summed E-state index contributed by atoms with van der Waals surface area (Å²) in [7, 11) is 4.31. The molecule has 0 bridgehead atoms. The number of nitrogens with zero attached hydrogens (tertiary/aromatic N) is 2. The van der Waals surface area contributed by atoms with Gasteiger partial charge in [0.05, 0.1) is 13.2 Å². The van der Waals surface area contributed by atoms with Gasteiger partial charge in [-0.2, -0.15) is 0 Å². The minimum Gasteiger partial charge on any atom is -0.454 e. The lowest BCUT2D eigenvalue weighted by molar-refractivity contribution is 0.109. The van der Waals surface area contributed by atoms with Gasteiger partial charge in [0.1, 0.15) is 0 Å². The number of ether oxygens (including phenoxy) is 3. The molecule has 3 heterocycles. The van der Waals surface area contributed by atoms with Crippen LogP contribution in [0.1, 0.15) is 5.56 Å². The third kappa shape index (κ3) is 2.47. The van der Waals surface area contributed by atoms with E-state index >= 15 is 0 Å². The first-order chi connectivity index (χ1) is 10.6. The summed E-state index contributed by atoms with van der Waals surface area (Å²) >= 11 is 0. The molecule has 1 aromatic carbocycles. The van der Waals surface area contributed by atoms with Crippen LogP contribution >= 0.6 is 0 Å². The van der Waals surface area contributed by atoms with E-state index in [1.807, 2.05) is 6.07 Å². The average molecular weight is 304 g/mol. The van der Waals surface area contributed by atoms with Crippen molar-refractivity contribution < 1.29 is 14.2 Å². The number of hydrogen-bond acceptors (Lipinski definition) is 5. The van der Waals surface area contributed by atoms with E-state index in [0.29, 0.717) is 18.1 Å². The lowest BCUT2D eigenvalue weighted by atomic mass is 9.81. The molecule has 0 spiro atoms. The Balaban J connectivity index is 1.46. The van der Waals surface area contributed by atoms with Gasteiger partial charge in [-0.1, -0.05) is 6.07 Å². The Kier molecular flexibility index (Phi) is 3.51. The molecule has 2 fully saturated rings. The molecule has 120 valence electrons. The maximum Gasteiger partial charge on any atom is 0.231 e. The van der Waals surface area contributed by atoms with Crippen LogP contribution in [-0.4, -0.2) is 63.5 Å². The van der Waals surface area contributed by atoms with Crippen LogP contribution in [0.3, 0.4) is 0 Å². The van der Waals surface area contributed by atoms with Crippen molar-refractivity contribution in [1.29, 1.82) is 0 Å². The molecule has 4 rings (SSSR count). The quantitative estimate of drug-likeness (QED) is 0.840. The molecule has 3 aliphatic heterocycles. The summed E-state index contributed by atoms with van der Waals surface area (Å²) in [6.45, 7) is 6.47. The zero-order valence-electron chi connectivity index (χ0n) is 13.4. The van der Waals surface area contributed by atoms with E-state index in [1.54, 1.807) is 0 Å². The molecule has 0 radical (unpaired) electrons. The van der Waals surface area contributed by atoms with Crippen LogP contribution in [0, 0.1) is 11.3 Å². The summed E-state index contributed by atoms with van der Waals surface area (Å²) in [6.07, 6.45) is 0. The molecule has 1 aromatic rings. The van der Waals surface area contributed by atoms with Crippen molar-refractivity contribution >= 4 is 0 Å². The van der Waals surface area contributed by atoms with Crippen LogP contribution in [0.15, 0.2) is 18.2 Å². The Morgan fingerprint density at radius 2 is 2.14 bits per heavy atom. The highest BCUT2D eigenvalue weighted by Gasteiger charge is 2.50. The van der Waals surface area contributed by atoms with Gasteiger partial charge in [-0.15, -0.1) is 0 Å². The van der Waals surface area contributed by atoms with Gasteiger partial charge in [0.25, 0.3) is 0 Å². The van der Waals surface area contributed by atoms with Gasteiger partial charge < -0.3 is 19.1 Å². The Morgan fingerprint density at radius 1 is 1.27 bits per heavy atom. The fourth-order valence-electron chi connectivity index (χ4n) is 4.21. The second-order valence-corrected chi connectivity index (χ2v) is 7.17. The molecule has 0 amide bonds. The molecule has 2 atom stereocenters. The molecule has 5 heteroatoms. The monoisotopic (exact) mass is 304 g/mol. The third-order valence-electron chi connectivity index (χ3n) is 5.07. The summed E-state index contributed by atoms with van der Waals surface area (Å²) in [6, 6.07) is 6.29.